The quantitative estimate of drug-likeness (QED) is 0.711. The Morgan fingerprint density at radius 1 is 1.25 bits per heavy atom. The molecule has 0 aliphatic heterocycles. The molecule has 1 aliphatic carbocycles. The van der Waals surface area contributed by atoms with Crippen molar-refractivity contribution in [3.63, 3.8) is 0 Å². The van der Waals surface area contributed by atoms with Crippen molar-refractivity contribution in [2.24, 2.45) is 5.92 Å². The molecule has 2 aromatic rings. The van der Waals surface area contributed by atoms with Gasteiger partial charge in [0, 0.05) is 11.4 Å². The van der Waals surface area contributed by atoms with Gasteiger partial charge in [0.25, 0.3) is 5.91 Å². The van der Waals surface area contributed by atoms with Gasteiger partial charge in [-0.05, 0) is 37.8 Å². The molecule has 1 aromatic heterocycles. The molecular formula is C21H26N2O4S. The monoisotopic (exact) mass is 402 g/mol. The largest absolute Gasteiger partial charge is 0.486 e. The van der Waals surface area contributed by atoms with Crippen LogP contribution in [0.3, 0.4) is 0 Å². The minimum absolute atomic E-state index is 0.164. The fourth-order valence-electron chi connectivity index (χ4n) is 3.38. The third-order valence-electron chi connectivity index (χ3n) is 4.94. The number of ether oxygens (including phenoxy) is 2. The second kappa shape index (κ2) is 9.68. The second-order valence-electron chi connectivity index (χ2n) is 7.15. The number of amides is 1. The second-order valence-corrected chi connectivity index (χ2v) is 8.22. The van der Waals surface area contributed by atoms with Crippen LogP contribution in [0.5, 0.6) is 5.75 Å². The highest BCUT2D eigenvalue weighted by molar-refractivity contribution is 7.09. The molecule has 0 bridgehead atoms. The van der Waals surface area contributed by atoms with Gasteiger partial charge in [-0.3, -0.25) is 4.79 Å². The van der Waals surface area contributed by atoms with E-state index in [0.717, 1.165) is 30.0 Å². The van der Waals surface area contributed by atoms with Gasteiger partial charge < -0.3 is 14.8 Å². The number of rotatable bonds is 7. The van der Waals surface area contributed by atoms with Crippen molar-refractivity contribution < 1.29 is 19.1 Å². The lowest BCUT2D eigenvalue weighted by atomic mass is 9.86. The molecule has 1 saturated carbocycles. The lowest BCUT2D eigenvalue weighted by Gasteiger charge is -2.29. The van der Waals surface area contributed by atoms with Gasteiger partial charge in [0.05, 0.1) is 10.7 Å². The minimum Gasteiger partial charge on any atom is -0.486 e. The maximum Gasteiger partial charge on any atom is 0.342 e. The van der Waals surface area contributed by atoms with Gasteiger partial charge in [0.1, 0.15) is 17.9 Å². The van der Waals surface area contributed by atoms with Crippen molar-refractivity contribution in [2.45, 2.75) is 52.2 Å². The fraction of sp³-hybridized carbons (Fsp3) is 0.476. The smallest absolute Gasteiger partial charge is 0.342 e. The van der Waals surface area contributed by atoms with Crippen molar-refractivity contribution in [3.05, 3.63) is 45.9 Å². The molecule has 6 nitrogen and oxygen atoms in total. The first-order chi connectivity index (χ1) is 13.5. The summed E-state index contributed by atoms with van der Waals surface area (Å²) in [4.78, 5) is 29.0. The predicted molar refractivity (Wildman–Crippen MR) is 107 cm³/mol. The lowest BCUT2D eigenvalue weighted by Crippen LogP contribution is -2.42. The van der Waals surface area contributed by atoms with E-state index in [-0.39, 0.29) is 25.2 Å². The molecule has 2 atom stereocenters. The zero-order chi connectivity index (χ0) is 19.9. The van der Waals surface area contributed by atoms with Crippen molar-refractivity contribution in [2.75, 3.05) is 6.61 Å². The van der Waals surface area contributed by atoms with Crippen molar-refractivity contribution in [3.8, 4) is 5.75 Å². The van der Waals surface area contributed by atoms with E-state index in [2.05, 4.69) is 17.2 Å². The fourth-order valence-corrected chi connectivity index (χ4v) is 3.97. The molecule has 0 saturated heterocycles. The van der Waals surface area contributed by atoms with E-state index in [1.165, 1.54) is 6.42 Å². The first kappa shape index (κ1) is 20.3. The van der Waals surface area contributed by atoms with Crippen LogP contribution in [0.4, 0.5) is 0 Å². The minimum atomic E-state index is -0.572. The predicted octanol–water partition coefficient (Wildman–Crippen LogP) is 3.88. The molecule has 0 radical (unpaired) electrons. The number of carbonyl (C=O) groups excluding carboxylic acids is 2. The maximum absolute atomic E-state index is 12.4. The highest BCUT2D eigenvalue weighted by Gasteiger charge is 2.23. The van der Waals surface area contributed by atoms with Crippen LogP contribution in [0.2, 0.25) is 0 Å². The SMILES string of the molecule is Cc1nc(COc2ccccc2C(=O)OCC(=O)N[C@@H]2CCCC[C@H]2C)cs1. The molecule has 0 spiro atoms. The standard InChI is InChI=1S/C21H26N2O4S/c1-14-7-3-5-9-18(14)23-20(24)12-27-21(25)17-8-4-6-10-19(17)26-11-16-13-28-15(2)22-16/h4,6,8,10,13-14,18H,3,5,7,9,11-12H2,1-2H3,(H,23,24)/t14-,18-/m1/s1. The summed E-state index contributed by atoms with van der Waals surface area (Å²) in [5, 5.41) is 5.87. The molecule has 1 aromatic carbocycles. The number of hydrogen-bond donors (Lipinski definition) is 1. The summed E-state index contributed by atoms with van der Waals surface area (Å²) in [7, 11) is 0. The van der Waals surface area contributed by atoms with Crippen LogP contribution in [-0.2, 0) is 16.1 Å². The van der Waals surface area contributed by atoms with E-state index in [4.69, 9.17) is 9.47 Å². The Morgan fingerprint density at radius 3 is 2.79 bits per heavy atom. The van der Waals surface area contributed by atoms with Crippen LogP contribution >= 0.6 is 11.3 Å². The Kier molecular flexibility index (Phi) is 7.03. The Bertz CT molecular complexity index is 820. The summed E-state index contributed by atoms with van der Waals surface area (Å²) in [6.45, 7) is 4.06. The zero-order valence-corrected chi connectivity index (χ0v) is 17.1. The summed E-state index contributed by atoms with van der Waals surface area (Å²) < 4.78 is 11.0. The number of thiazole rings is 1. The Balaban J connectivity index is 1.53. The molecule has 150 valence electrons. The number of benzene rings is 1. The number of esters is 1. The Labute approximate surface area is 169 Å². The van der Waals surface area contributed by atoms with Gasteiger partial charge in [0.15, 0.2) is 6.61 Å². The first-order valence-electron chi connectivity index (χ1n) is 9.62. The topological polar surface area (TPSA) is 77.5 Å². The normalized spacial score (nSPS) is 19.1. The first-order valence-corrected chi connectivity index (χ1v) is 10.5. The van der Waals surface area contributed by atoms with E-state index in [0.29, 0.717) is 17.2 Å². The number of hydrogen-bond acceptors (Lipinski definition) is 6. The number of nitrogens with zero attached hydrogens (tertiary/aromatic N) is 1. The maximum atomic E-state index is 12.4. The van der Waals surface area contributed by atoms with Gasteiger partial charge in [-0.1, -0.05) is 31.9 Å². The molecule has 1 heterocycles. The average molecular weight is 403 g/mol. The number of nitrogens with one attached hydrogen (secondary N) is 1. The van der Waals surface area contributed by atoms with E-state index in [9.17, 15) is 9.59 Å². The Hall–Kier alpha value is -2.41. The average Bonchev–Trinajstić information content (AvgIpc) is 3.12. The summed E-state index contributed by atoms with van der Waals surface area (Å²) in [6.07, 6.45) is 4.43. The number of para-hydroxylation sites is 1. The molecule has 1 N–H and O–H groups in total. The molecule has 0 unspecified atom stereocenters. The highest BCUT2D eigenvalue weighted by Crippen LogP contribution is 2.24. The van der Waals surface area contributed by atoms with Gasteiger partial charge >= 0.3 is 5.97 Å². The van der Waals surface area contributed by atoms with Crippen molar-refractivity contribution in [1.82, 2.24) is 10.3 Å². The summed E-state index contributed by atoms with van der Waals surface area (Å²) >= 11 is 1.55. The number of aryl methyl sites for hydroxylation is 1. The molecule has 7 heteroatoms. The summed E-state index contributed by atoms with van der Waals surface area (Å²) in [5.41, 5.74) is 1.11. The number of aromatic nitrogens is 1. The third-order valence-corrected chi connectivity index (χ3v) is 5.76. The van der Waals surface area contributed by atoms with Gasteiger partial charge in [-0.15, -0.1) is 11.3 Å². The van der Waals surface area contributed by atoms with Crippen molar-refractivity contribution in [1.29, 1.82) is 0 Å². The third kappa shape index (κ3) is 5.55. The zero-order valence-electron chi connectivity index (χ0n) is 16.3. The van der Waals surface area contributed by atoms with Crippen LogP contribution in [-0.4, -0.2) is 29.5 Å². The van der Waals surface area contributed by atoms with Gasteiger partial charge in [-0.25, -0.2) is 9.78 Å². The van der Waals surface area contributed by atoms with Crippen LogP contribution < -0.4 is 10.1 Å². The van der Waals surface area contributed by atoms with Gasteiger partial charge in [-0.2, -0.15) is 0 Å². The van der Waals surface area contributed by atoms with E-state index >= 15 is 0 Å². The van der Waals surface area contributed by atoms with Crippen LogP contribution in [0, 0.1) is 12.8 Å². The molecule has 1 amide bonds. The molecule has 1 aliphatic rings. The van der Waals surface area contributed by atoms with E-state index < -0.39 is 5.97 Å². The molecule has 28 heavy (non-hydrogen) atoms. The van der Waals surface area contributed by atoms with E-state index in [1.54, 1.807) is 35.6 Å². The van der Waals surface area contributed by atoms with Gasteiger partial charge in [0.2, 0.25) is 0 Å². The molecule has 1 fully saturated rings. The molecule has 3 rings (SSSR count). The Morgan fingerprint density at radius 2 is 2.04 bits per heavy atom. The summed E-state index contributed by atoms with van der Waals surface area (Å²) in [5.74, 6) is 0.0386. The molecular weight excluding hydrogens is 376 g/mol. The van der Waals surface area contributed by atoms with Crippen LogP contribution in [0.1, 0.15) is 53.7 Å². The highest BCUT2D eigenvalue weighted by atomic mass is 32.1. The van der Waals surface area contributed by atoms with Crippen molar-refractivity contribution >= 4 is 23.2 Å². The van der Waals surface area contributed by atoms with Crippen LogP contribution in [0.15, 0.2) is 29.6 Å². The summed E-state index contributed by atoms with van der Waals surface area (Å²) in [6, 6.07) is 7.03. The van der Waals surface area contributed by atoms with Crippen LogP contribution in [0.25, 0.3) is 0 Å². The number of carbonyl (C=O) groups is 2. The van der Waals surface area contributed by atoms with E-state index in [1.807, 2.05) is 12.3 Å². The lowest BCUT2D eigenvalue weighted by molar-refractivity contribution is -0.125.